The van der Waals surface area contributed by atoms with Crippen LogP contribution in [0.15, 0.2) is 138 Å². The van der Waals surface area contributed by atoms with Gasteiger partial charge in [0, 0.05) is 0 Å². The van der Waals surface area contributed by atoms with Gasteiger partial charge in [-0.15, -0.1) is 0 Å². The number of hydrogen-bond acceptors (Lipinski definition) is 1. The fourth-order valence-electron chi connectivity index (χ4n) is 9.83. The van der Waals surface area contributed by atoms with Crippen LogP contribution >= 0.6 is 0 Å². The van der Waals surface area contributed by atoms with Gasteiger partial charge in [-0.05, 0) is 5.39 Å². The molecule has 0 saturated heterocycles. The summed E-state index contributed by atoms with van der Waals surface area (Å²) in [7, 11) is 0. The first-order valence-corrected chi connectivity index (χ1v) is 26.3. The minimum absolute atomic E-state index is 0.154. The third-order valence-electron chi connectivity index (χ3n) is 12.0. The Bertz CT molecular complexity index is 3030. The van der Waals surface area contributed by atoms with Gasteiger partial charge in [0.2, 0.25) is 0 Å². The van der Waals surface area contributed by atoms with Crippen molar-refractivity contribution in [1.29, 1.82) is 0 Å². The maximum absolute atomic E-state index is 7.21. The van der Waals surface area contributed by atoms with E-state index in [0.29, 0.717) is 0 Å². The van der Waals surface area contributed by atoms with Crippen LogP contribution in [0.1, 0.15) is 37.5 Å². The average Bonchev–Trinajstić information content (AvgIpc) is 3.77. The normalized spacial score (nSPS) is 16.3. The van der Waals surface area contributed by atoms with Crippen LogP contribution in [0.5, 0.6) is 0 Å². The Labute approximate surface area is 312 Å². The standard InChI is InChI=1S/C49H42GeN2O/c1-48(2,3)28-30-25-26-51-42(27-30)46-40(49(51)39-18-12-11-17-37(39)41-23-19-31(29-52(41)49)50(4,5)6)22-20-38-45-43(53-47(38)46)24-21-36-34-15-8-7-13-32(34)33-14-9-10-16-35(33)44(36)45/h7-27,29H,28H2,1-6H3/q+2. The van der Waals surface area contributed by atoms with Gasteiger partial charge in [-0.2, -0.15) is 0 Å². The molecule has 1 unspecified atom stereocenters. The SMILES string of the molecule is CC(C)(C)Cc1cc[n+]2c(c1)-c1c(ccc3c1oc1ccc4c5ccccc5c5ccccc5c4c13)C21c2ccccc2-c2cc[c]([Ge]([CH3])([CH3])[CH3])c[n+]21. The third-order valence-corrected chi connectivity index (χ3v) is 16.2. The fourth-order valence-corrected chi connectivity index (χ4v) is 12.1. The molecule has 0 fully saturated rings. The summed E-state index contributed by atoms with van der Waals surface area (Å²) < 4.78 is 13.9. The molecule has 53 heavy (non-hydrogen) atoms. The molecule has 3 nitrogen and oxygen atoms in total. The molecule has 0 radical (unpaired) electrons. The number of benzene rings is 6. The van der Waals surface area contributed by atoms with Gasteiger partial charge in [-0.1, -0.05) is 42.5 Å². The van der Waals surface area contributed by atoms with Crippen LogP contribution in [0.2, 0.25) is 17.3 Å². The zero-order chi connectivity index (χ0) is 36.0. The second kappa shape index (κ2) is 10.5. The fraction of sp³-hybridized carbons (Fsp3) is 0.184. The molecule has 0 aliphatic carbocycles. The van der Waals surface area contributed by atoms with Crippen LogP contribution in [-0.2, 0) is 12.1 Å². The summed E-state index contributed by atoms with van der Waals surface area (Å²) in [6.07, 6.45) is 5.85. The molecular formula is C49H42GeN2O+2. The van der Waals surface area contributed by atoms with Crippen molar-refractivity contribution in [1.82, 2.24) is 0 Å². The van der Waals surface area contributed by atoms with Gasteiger partial charge in [0.15, 0.2) is 0 Å². The molecular weight excluding hydrogens is 705 g/mol. The molecule has 6 aromatic carbocycles. The number of fused-ring (bicyclic) bond motifs is 21. The van der Waals surface area contributed by atoms with Crippen LogP contribution in [0.3, 0.4) is 0 Å². The Kier molecular flexibility index (Phi) is 6.17. The van der Waals surface area contributed by atoms with Crippen molar-refractivity contribution in [2.45, 2.75) is 50.1 Å². The quantitative estimate of drug-likeness (QED) is 0.0980. The number of pyridine rings is 2. The molecule has 3 aromatic heterocycles. The summed E-state index contributed by atoms with van der Waals surface area (Å²) in [6, 6.07) is 45.6. The minimum atomic E-state index is -2.22. The second-order valence-corrected chi connectivity index (χ2v) is 28.2. The Morgan fingerprint density at radius 2 is 1.26 bits per heavy atom. The molecule has 0 bridgehead atoms. The van der Waals surface area contributed by atoms with Crippen LogP contribution < -0.4 is 13.5 Å². The molecule has 4 heteroatoms. The van der Waals surface area contributed by atoms with E-state index in [9.17, 15) is 0 Å². The van der Waals surface area contributed by atoms with E-state index in [1.165, 1.54) is 86.7 Å². The van der Waals surface area contributed by atoms with E-state index in [2.05, 4.69) is 181 Å². The van der Waals surface area contributed by atoms with Gasteiger partial charge in [0.1, 0.15) is 0 Å². The van der Waals surface area contributed by atoms with E-state index >= 15 is 0 Å². The zero-order valence-corrected chi connectivity index (χ0v) is 33.3. The van der Waals surface area contributed by atoms with Gasteiger partial charge in [0.05, 0.1) is 0 Å². The van der Waals surface area contributed by atoms with Crippen molar-refractivity contribution in [2.75, 3.05) is 0 Å². The molecule has 1 atom stereocenters. The van der Waals surface area contributed by atoms with Gasteiger partial charge >= 0.3 is 266 Å². The molecule has 2 aliphatic rings. The van der Waals surface area contributed by atoms with Gasteiger partial charge in [0.25, 0.3) is 0 Å². The van der Waals surface area contributed by atoms with Crippen molar-refractivity contribution in [3.63, 3.8) is 0 Å². The van der Waals surface area contributed by atoms with Gasteiger partial charge in [-0.25, -0.2) is 0 Å². The van der Waals surface area contributed by atoms with E-state index < -0.39 is 18.9 Å². The van der Waals surface area contributed by atoms with Gasteiger partial charge in [-0.3, -0.25) is 0 Å². The first-order chi connectivity index (χ1) is 25.5. The Morgan fingerprint density at radius 1 is 0.604 bits per heavy atom. The Hall–Kier alpha value is -5.26. The predicted octanol–water partition coefficient (Wildman–Crippen LogP) is 11.0. The van der Waals surface area contributed by atoms with Crippen LogP contribution in [-0.4, -0.2) is 13.3 Å². The van der Waals surface area contributed by atoms with Crippen LogP contribution in [0.25, 0.3) is 76.8 Å². The van der Waals surface area contributed by atoms with Crippen LogP contribution in [0.4, 0.5) is 0 Å². The number of aromatic nitrogens is 2. The molecule has 2 aliphatic heterocycles. The van der Waals surface area contributed by atoms with Gasteiger partial charge < -0.3 is 0 Å². The van der Waals surface area contributed by atoms with Crippen molar-refractivity contribution in [2.24, 2.45) is 5.41 Å². The molecule has 11 rings (SSSR count). The predicted molar refractivity (Wildman–Crippen MR) is 222 cm³/mol. The summed E-state index contributed by atoms with van der Waals surface area (Å²) in [4.78, 5) is 0. The maximum atomic E-state index is 7.21. The van der Waals surface area contributed by atoms with Crippen molar-refractivity contribution in [3.8, 4) is 22.5 Å². The molecule has 0 N–H and O–H groups in total. The van der Waals surface area contributed by atoms with Crippen molar-refractivity contribution >= 4 is 71.9 Å². The van der Waals surface area contributed by atoms with E-state index in [4.69, 9.17) is 4.42 Å². The monoisotopic (exact) mass is 748 g/mol. The first kappa shape index (κ1) is 31.3. The summed E-state index contributed by atoms with van der Waals surface area (Å²) in [5.74, 6) is 7.48. The molecule has 256 valence electrons. The third kappa shape index (κ3) is 4.12. The summed E-state index contributed by atoms with van der Waals surface area (Å²) >= 11 is -2.22. The summed E-state index contributed by atoms with van der Waals surface area (Å²) in [5.41, 5.74) is 10.4. The Morgan fingerprint density at radius 3 is 2.00 bits per heavy atom. The Balaban J connectivity index is 1.31. The van der Waals surface area contributed by atoms with Crippen LogP contribution in [0, 0.1) is 5.41 Å². The number of rotatable bonds is 2. The van der Waals surface area contributed by atoms with E-state index in [1.54, 1.807) is 0 Å². The summed E-state index contributed by atoms with van der Waals surface area (Å²) in [5, 5.41) is 10.0. The number of hydrogen-bond donors (Lipinski definition) is 0. The summed E-state index contributed by atoms with van der Waals surface area (Å²) in [6.45, 7) is 6.99. The molecule has 1 spiro atoms. The van der Waals surface area contributed by atoms with E-state index in [-0.39, 0.29) is 5.41 Å². The zero-order valence-electron chi connectivity index (χ0n) is 31.2. The topological polar surface area (TPSA) is 20.9 Å². The number of nitrogens with zero attached hydrogens (tertiary/aromatic N) is 2. The molecule has 9 aromatic rings. The molecule has 0 saturated carbocycles. The molecule has 5 heterocycles. The number of furan rings is 1. The van der Waals surface area contributed by atoms with E-state index in [0.717, 1.165) is 17.6 Å². The second-order valence-electron chi connectivity index (χ2n) is 17.6. The molecule has 0 amide bonds. The van der Waals surface area contributed by atoms with Crippen molar-refractivity contribution in [3.05, 3.63) is 150 Å². The van der Waals surface area contributed by atoms with E-state index in [1.807, 2.05) is 0 Å². The van der Waals surface area contributed by atoms with Crippen molar-refractivity contribution < 1.29 is 13.6 Å². The first-order valence-electron chi connectivity index (χ1n) is 19.0. The average molecular weight is 747 g/mol.